The molecule has 37 heavy (non-hydrogen) atoms. The van der Waals surface area contributed by atoms with Gasteiger partial charge in [-0.05, 0) is 57.5 Å². The molecule has 0 spiro atoms. The standard InChI is InChI=1S/C31H23F3O3/c32-31(33,34)28-14-6-8-21(30(28)22-9-5-7-20(17-22)18-35)15-16-29(36)37-19-27-25-12-3-1-10-23(25)24-11-2-4-13-26(24)27/h1-14,17-18,27H,15-16,19H2. The number of alkyl halides is 3. The number of hydrogen-bond acceptors (Lipinski definition) is 3. The lowest BCUT2D eigenvalue weighted by Crippen LogP contribution is -2.14. The van der Waals surface area contributed by atoms with Crippen molar-refractivity contribution in [1.29, 1.82) is 0 Å². The maximum Gasteiger partial charge on any atom is 0.417 e. The molecular weight excluding hydrogens is 477 g/mol. The summed E-state index contributed by atoms with van der Waals surface area (Å²) in [5, 5.41) is 0. The van der Waals surface area contributed by atoms with Crippen molar-refractivity contribution in [3.63, 3.8) is 0 Å². The topological polar surface area (TPSA) is 43.4 Å². The lowest BCUT2D eigenvalue weighted by molar-refractivity contribution is -0.143. The first kappa shape index (κ1) is 24.5. The number of aldehydes is 1. The van der Waals surface area contributed by atoms with Gasteiger partial charge in [-0.25, -0.2) is 0 Å². The van der Waals surface area contributed by atoms with E-state index in [4.69, 9.17) is 4.74 Å². The maximum atomic E-state index is 13.9. The van der Waals surface area contributed by atoms with Crippen molar-refractivity contribution in [2.45, 2.75) is 24.9 Å². The summed E-state index contributed by atoms with van der Waals surface area (Å²) in [7, 11) is 0. The van der Waals surface area contributed by atoms with Gasteiger partial charge in [0.05, 0.1) is 5.56 Å². The Labute approximate surface area is 212 Å². The fraction of sp³-hybridized carbons (Fsp3) is 0.161. The average molecular weight is 501 g/mol. The summed E-state index contributed by atoms with van der Waals surface area (Å²) in [6.45, 7) is 0.156. The van der Waals surface area contributed by atoms with Gasteiger partial charge in [-0.15, -0.1) is 0 Å². The van der Waals surface area contributed by atoms with Crippen LogP contribution >= 0.6 is 0 Å². The van der Waals surface area contributed by atoms with E-state index in [0.29, 0.717) is 11.8 Å². The van der Waals surface area contributed by atoms with Gasteiger partial charge < -0.3 is 4.74 Å². The summed E-state index contributed by atoms with van der Waals surface area (Å²) in [5.41, 5.74) is 4.50. The minimum atomic E-state index is -4.59. The van der Waals surface area contributed by atoms with Gasteiger partial charge in [0.1, 0.15) is 12.9 Å². The monoisotopic (exact) mass is 500 g/mol. The van der Waals surface area contributed by atoms with Crippen molar-refractivity contribution in [2.24, 2.45) is 0 Å². The normalized spacial score (nSPS) is 12.6. The summed E-state index contributed by atoms with van der Waals surface area (Å²) in [6, 6.07) is 26.0. The summed E-state index contributed by atoms with van der Waals surface area (Å²) in [5.74, 6) is -0.571. The van der Waals surface area contributed by atoms with Gasteiger partial charge in [-0.3, -0.25) is 9.59 Å². The molecule has 0 saturated heterocycles. The van der Waals surface area contributed by atoms with Crippen LogP contribution in [0.5, 0.6) is 0 Å². The molecule has 5 rings (SSSR count). The van der Waals surface area contributed by atoms with Crippen molar-refractivity contribution in [3.8, 4) is 22.3 Å². The fourth-order valence-corrected chi connectivity index (χ4v) is 5.08. The van der Waals surface area contributed by atoms with E-state index >= 15 is 0 Å². The second-order valence-corrected chi connectivity index (χ2v) is 8.99. The number of rotatable bonds is 7. The highest BCUT2D eigenvalue weighted by Crippen LogP contribution is 2.44. The molecule has 1 aliphatic rings. The Morgan fingerprint density at radius 1 is 0.838 bits per heavy atom. The van der Waals surface area contributed by atoms with Crippen LogP contribution in [-0.4, -0.2) is 18.9 Å². The van der Waals surface area contributed by atoms with Crippen LogP contribution in [0.4, 0.5) is 13.2 Å². The smallest absolute Gasteiger partial charge is 0.417 e. The highest BCUT2D eigenvalue weighted by molar-refractivity contribution is 5.82. The van der Waals surface area contributed by atoms with E-state index in [1.807, 2.05) is 48.5 Å². The molecule has 3 nitrogen and oxygen atoms in total. The van der Waals surface area contributed by atoms with Gasteiger partial charge in [-0.1, -0.05) is 78.9 Å². The molecule has 0 unspecified atom stereocenters. The van der Waals surface area contributed by atoms with Crippen molar-refractivity contribution in [1.82, 2.24) is 0 Å². The molecule has 0 atom stereocenters. The number of halogens is 3. The quantitative estimate of drug-likeness (QED) is 0.195. The fourth-order valence-electron chi connectivity index (χ4n) is 5.08. The van der Waals surface area contributed by atoms with E-state index in [-0.39, 0.29) is 42.1 Å². The average Bonchev–Trinajstić information content (AvgIpc) is 3.23. The third-order valence-electron chi connectivity index (χ3n) is 6.74. The molecule has 0 bridgehead atoms. The minimum absolute atomic E-state index is 0.0230. The van der Waals surface area contributed by atoms with Crippen LogP contribution in [0.3, 0.4) is 0 Å². The van der Waals surface area contributed by atoms with Crippen LogP contribution in [-0.2, 0) is 22.1 Å². The summed E-state index contributed by atoms with van der Waals surface area (Å²) < 4.78 is 47.2. The number of ether oxygens (including phenoxy) is 1. The highest BCUT2D eigenvalue weighted by Gasteiger charge is 2.35. The van der Waals surface area contributed by atoms with E-state index < -0.39 is 17.7 Å². The molecule has 0 aliphatic heterocycles. The lowest BCUT2D eigenvalue weighted by atomic mass is 9.91. The van der Waals surface area contributed by atoms with Gasteiger partial charge in [-0.2, -0.15) is 13.2 Å². The van der Waals surface area contributed by atoms with Crippen LogP contribution in [0, 0.1) is 0 Å². The lowest BCUT2D eigenvalue weighted by Gasteiger charge is -2.18. The number of benzene rings is 4. The molecule has 6 heteroatoms. The third-order valence-corrected chi connectivity index (χ3v) is 6.74. The van der Waals surface area contributed by atoms with Crippen LogP contribution in [0.2, 0.25) is 0 Å². The number of esters is 1. The molecule has 0 fully saturated rings. The van der Waals surface area contributed by atoms with Crippen LogP contribution in [0.25, 0.3) is 22.3 Å². The van der Waals surface area contributed by atoms with Gasteiger partial charge in [0.25, 0.3) is 0 Å². The van der Waals surface area contributed by atoms with Crippen molar-refractivity contribution >= 4 is 12.3 Å². The molecule has 0 aromatic heterocycles. The zero-order chi connectivity index (χ0) is 26.0. The molecule has 0 amide bonds. The Morgan fingerprint density at radius 3 is 2.14 bits per heavy atom. The van der Waals surface area contributed by atoms with E-state index in [9.17, 15) is 22.8 Å². The van der Waals surface area contributed by atoms with Crippen LogP contribution < -0.4 is 0 Å². The SMILES string of the molecule is O=Cc1cccc(-c2c(CCC(=O)OCC3c4ccccc4-c4ccccc43)cccc2C(F)(F)F)c1. The number of carbonyl (C=O) groups excluding carboxylic acids is 2. The Morgan fingerprint density at radius 2 is 1.49 bits per heavy atom. The Balaban J connectivity index is 1.35. The molecule has 4 aromatic carbocycles. The highest BCUT2D eigenvalue weighted by atomic mass is 19.4. The summed E-state index contributed by atoms with van der Waals surface area (Å²) in [6.07, 6.45) is -4.00. The predicted octanol–water partition coefficient (Wildman–Crippen LogP) is 7.47. The van der Waals surface area contributed by atoms with E-state index in [2.05, 4.69) is 0 Å². The second-order valence-electron chi connectivity index (χ2n) is 8.99. The van der Waals surface area contributed by atoms with Gasteiger partial charge in [0, 0.05) is 17.9 Å². The summed E-state index contributed by atoms with van der Waals surface area (Å²) in [4.78, 5) is 24.0. The molecule has 0 N–H and O–H groups in total. The van der Waals surface area contributed by atoms with Crippen molar-refractivity contribution < 1.29 is 27.5 Å². The van der Waals surface area contributed by atoms with Crippen molar-refractivity contribution in [3.05, 3.63) is 119 Å². The molecule has 4 aromatic rings. The first-order valence-corrected chi connectivity index (χ1v) is 12.0. The first-order valence-electron chi connectivity index (χ1n) is 12.0. The maximum absolute atomic E-state index is 13.9. The predicted molar refractivity (Wildman–Crippen MR) is 135 cm³/mol. The zero-order valence-electron chi connectivity index (χ0n) is 19.8. The number of hydrogen-bond donors (Lipinski definition) is 0. The van der Waals surface area contributed by atoms with Gasteiger partial charge in [0.2, 0.25) is 0 Å². The van der Waals surface area contributed by atoms with Gasteiger partial charge >= 0.3 is 12.1 Å². The molecule has 0 radical (unpaired) electrons. The first-order chi connectivity index (χ1) is 17.9. The third kappa shape index (κ3) is 4.92. The number of fused-ring (bicyclic) bond motifs is 3. The Hall–Kier alpha value is -4.19. The minimum Gasteiger partial charge on any atom is -0.465 e. The number of carbonyl (C=O) groups is 2. The molecule has 0 heterocycles. The van der Waals surface area contributed by atoms with E-state index in [1.54, 1.807) is 12.1 Å². The van der Waals surface area contributed by atoms with Crippen LogP contribution in [0.15, 0.2) is 91.0 Å². The van der Waals surface area contributed by atoms with E-state index in [1.165, 1.54) is 24.3 Å². The molecule has 186 valence electrons. The van der Waals surface area contributed by atoms with E-state index in [0.717, 1.165) is 28.3 Å². The zero-order valence-corrected chi connectivity index (χ0v) is 19.8. The Bertz CT molecular complexity index is 1430. The molecule has 1 aliphatic carbocycles. The molecule has 0 saturated carbocycles. The Kier molecular flexibility index (Phi) is 6.66. The van der Waals surface area contributed by atoms with Gasteiger partial charge in [0.15, 0.2) is 0 Å². The summed E-state index contributed by atoms with van der Waals surface area (Å²) >= 11 is 0. The molecular formula is C31H23F3O3. The second kappa shape index (κ2) is 10.1. The largest absolute Gasteiger partial charge is 0.465 e. The van der Waals surface area contributed by atoms with Crippen LogP contribution in [0.1, 0.15) is 45.0 Å². The number of aryl methyl sites for hydroxylation is 1. The van der Waals surface area contributed by atoms with Crippen molar-refractivity contribution in [2.75, 3.05) is 6.61 Å².